The van der Waals surface area contributed by atoms with Gasteiger partial charge in [-0.15, -0.1) is 0 Å². The van der Waals surface area contributed by atoms with Crippen LogP contribution in [0.1, 0.15) is 18.1 Å². The molecule has 0 radical (unpaired) electrons. The highest BCUT2D eigenvalue weighted by molar-refractivity contribution is 5.99. The molecule has 7 heteroatoms. The van der Waals surface area contributed by atoms with Gasteiger partial charge in [-0.25, -0.2) is 4.39 Å². The predicted molar refractivity (Wildman–Crippen MR) is 119 cm³/mol. The van der Waals surface area contributed by atoms with Crippen LogP contribution in [0.3, 0.4) is 0 Å². The third-order valence-electron chi connectivity index (χ3n) is 5.07. The Morgan fingerprint density at radius 2 is 1.91 bits per heavy atom. The van der Waals surface area contributed by atoms with E-state index in [1.165, 1.54) is 11.0 Å². The van der Waals surface area contributed by atoms with Crippen molar-refractivity contribution in [2.24, 2.45) is 0 Å². The van der Waals surface area contributed by atoms with Crippen LogP contribution in [-0.2, 0) is 22.6 Å². The van der Waals surface area contributed by atoms with E-state index in [0.717, 1.165) is 11.3 Å². The molecule has 0 saturated heterocycles. The molecule has 1 N–H and O–H groups in total. The number of nitrogens with one attached hydrogen (secondary N) is 1. The molecule has 0 spiro atoms. The van der Waals surface area contributed by atoms with Gasteiger partial charge in [-0.3, -0.25) is 9.59 Å². The first-order valence-corrected chi connectivity index (χ1v) is 10.4. The molecule has 1 heterocycles. The van der Waals surface area contributed by atoms with Crippen molar-refractivity contribution in [3.05, 3.63) is 83.7 Å². The number of carbonyl (C=O) groups is 2. The van der Waals surface area contributed by atoms with Crippen molar-refractivity contribution in [1.82, 2.24) is 0 Å². The second kappa shape index (κ2) is 9.51. The van der Waals surface area contributed by atoms with Gasteiger partial charge in [0.25, 0.3) is 5.91 Å². The van der Waals surface area contributed by atoms with E-state index in [0.29, 0.717) is 29.3 Å². The first-order valence-electron chi connectivity index (χ1n) is 10.4. The van der Waals surface area contributed by atoms with Gasteiger partial charge in [-0.05, 0) is 42.8 Å². The zero-order valence-corrected chi connectivity index (χ0v) is 17.6. The minimum atomic E-state index is -0.369. The maximum absolute atomic E-state index is 14.1. The van der Waals surface area contributed by atoms with Gasteiger partial charge in [-0.1, -0.05) is 30.3 Å². The van der Waals surface area contributed by atoms with Gasteiger partial charge >= 0.3 is 0 Å². The van der Waals surface area contributed by atoms with E-state index in [2.05, 4.69) is 5.32 Å². The van der Waals surface area contributed by atoms with Gasteiger partial charge in [-0.2, -0.15) is 0 Å². The van der Waals surface area contributed by atoms with Crippen molar-refractivity contribution < 1.29 is 23.5 Å². The zero-order valence-electron chi connectivity index (χ0n) is 17.6. The number of hydrogen-bond donors (Lipinski definition) is 1. The maximum atomic E-state index is 14.1. The van der Waals surface area contributed by atoms with Crippen LogP contribution >= 0.6 is 0 Å². The lowest BCUT2D eigenvalue weighted by Gasteiger charge is -2.30. The largest absolute Gasteiger partial charge is 0.494 e. The fourth-order valence-corrected chi connectivity index (χ4v) is 3.51. The van der Waals surface area contributed by atoms with Crippen molar-refractivity contribution in [1.29, 1.82) is 0 Å². The van der Waals surface area contributed by atoms with Crippen LogP contribution < -0.4 is 19.7 Å². The first kappa shape index (κ1) is 21.4. The predicted octanol–water partition coefficient (Wildman–Crippen LogP) is 4.33. The van der Waals surface area contributed by atoms with Gasteiger partial charge in [0, 0.05) is 17.3 Å². The van der Waals surface area contributed by atoms with Crippen LogP contribution in [-0.4, -0.2) is 25.0 Å². The van der Waals surface area contributed by atoms with Gasteiger partial charge in [0.05, 0.1) is 25.3 Å². The van der Waals surface area contributed by atoms with Crippen molar-refractivity contribution >= 4 is 23.2 Å². The minimum absolute atomic E-state index is 0.102. The number of benzene rings is 3. The summed E-state index contributed by atoms with van der Waals surface area (Å²) in [6.07, 6.45) is 0.211. The molecule has 0 aromatic heterocycles. The van der Waals surface area contributed by atoms with Crippen molar-refractivity contribution in [2.75, 3.05) is 23.4 Å². The molecule has 32 heavy (non-hydrogen) atoms. The van der Waals surface area contributed by atoms with Crippen molar-refractivity contribution in [3.8, 4) is 11.5 Å². The fraction of sp³-hybridized carbons (Fsp3) is 0.200. The van der Waals surface area contributed by atoms with Crippen LogP contribution in [0, 0.1) is 5.82 Å². The number of hydrogen-bond acceptors (Lipinski definition) is 4. The molecular formula is C25H23FN2O4. The second-order valence-corrected chi connectivity index (χ2v) is 7.34. The minimum Gasteiger partial charge on any atom is -0.494 e. The number of anilines is 2. The number of nitrogens with zero attached hydrogens (tertiary/aromatic N) is 1. The number of halogens is 1. The van der Waals surface area contributed by atoms with Gasteiger partial charge in [0.1, 0.15) is 17.3 Å². The van der Waals surface area contributed by atoms with Crippen LogP contribution in [0.25, 0.3) is 0 Å². The summed E-state index contributed by atoms with van der Waals surface area (Å²) in [6, 6.07) is 18.8. The molecule has 1 aliphatic heterocycles. The van der Waals surface area contributed by atoms with E-state index >= 15 is 0 Å². The molecule has 0 fully saturated rings. The normalized spacial score (nSPS) is 12.7. The number of amides is 2. The topological polar surface area (TPSA) is 67.9 Å². The summed E-state index contributed by atoms with van der Waals surface area (Å²) >= 11 is 0. The van der Waals surface area contributed by atoms with Gasteiger partial charge < -0.3 is 19.7 Å². The first-order chi connectivity index (χ1) is 15.5. The molecule has 3 aromatic rings. The highest BCUT2D eigenvalue weighted by Gasteiger charge is 2.26. The van der Waals surface area contributed by atoms with Gasteiger partial charge in [0.15, 0.2) is 6.61 Å². The molecule has 0 saturated carbocycles. The smallest absolute Gasteiger partial charge is 0.265 e. The summed E-state index contributed by atoms with van der Waals surface area (Å²) in [7, 11) is 0. The van der Waals surface area contributed by atoms with Crippen LogP contribution in [0.15, 0.2) is 66.7 Å². The summed E-state index contributed by atoms with van der Waals surface area (Å²) in [5.74, 6) is 0.418. The summed E-state index contributed by atoms with van der Waals surface area (Å²) in [6.45, 7) is 2.46. The molecule has 3 aromatic carbocycles. The lowest BCUT2D eigenvalue weighted by Crippen LogP contribution is -2.38. The second-order valence-electron chi connectivity index (χ2n) is 7.34. The standard InChI is InChI=1S/C25H23FN2O4/c1-2-31-20-10-7-17(8-11-20)13-24(29)27-19-9-12-22-23(14-19)32-16-25(30)28(22)15-18-5-3-4-6-21(18)26/h3-12,14H,2,13,15-16H2,1H3,(H,27,29). The fourth-order valence-electron chi connectivity index (χ4n) is 3.51. The SMILES string of the molecule is CCOc1ccc(CC(=O)Nc2ccc3c(c2)OCC(=O)N3Cc2ccccc2F)cc1. The third-order valence-corrected chi connectivity index (χ3v) is 5.07. The lowest BCUT2D eigenvalue weighted by molar-refractivity contribution is -0.121. The van der Waals surface area contributed by atoms with Gasteiger partial charge in [0.2, 0.25) is 5.91 Å². The van der Waals surface area contributed by atoms with Crippen LogP contribution in [0.2, 0.25) is 0 Å². The van der Waals surface area contributed by atoms with Crippen molar-refractivity contribution in [3.63, 3.8) is 0 Å². The van der Waals surface area contributed by atoms with E-state index in [4.69, 9.17) is 9.47 Å². The molecule has 0 atom stereocenters. The Balaban J connectivity index is 1.45. The Labute approximate surface area is 185 Å². The van der Waals surface area contributed by atoms with E-state index in [-0.39, 0.29) is 37.2 Å². The summed E-state index contributed by atoms with van der Waals surface area (Å²) in [4.78, 5) is 26.4. The quantitative estimate of drug-likeness (QED) is 0.601. The Morgan fingerprint density at radius 3 is 2.66 bits per heavy atom. The number of ether oxygens (including phenoxy) is 2. The molecular weight excluding hydrogens is 411 g/mol. The Hall–Kier alpha value is -3.87. The highest BCUT2D eigenvalue weighted by atomic mass is 19.1. The Morgan fingerprint density at radius 1 is 1.12 bits per heavy atom. The van der Waals surface area contributed by atoms with E-state index in [9.17, 15) is 14.0 Å². The molecule has 164 valence electrons. The van der Waals surface area contributed by atoms with E-state index in [1.54, 1.807) is 36.4 Å². The average molecular weight is 434 g/mol. The molecule has 6 nitrogen and oxygen atoms in total. The molecule has 0 bridgehead atoms. The molecule has 2 amide bonds. The van der Waals surface area contributed by atoms with E-state index < -0.39 is 0 Å². The summed E-state index contributed by atoms with van der Waals surface area (Å²) < 4.78 is 25.0. The molecule has 4 rings (SSSR count). The average Bonchev–Trinajstić information content (AvgIpc) is 2.78. The number of rotatable bonds is 7. The molecule has 0 unspecified atom stereocenters. The van der Waals surface area contributed by atoms with Crippen LogP contribution in [0.5, 0.6) is 11.5 Å². The summed E-state index contributed by atoms with van der Waals surface area (Å²) in [5, 5.41) is 2.85. The monoisotopic (exact) mass is 434 g/mol. The Bertz CT molecular complexity index is 1130. The Kier molecular flexibility index (Phi) is 6.35. The molecule has 0 aliphatic carbocycles. The van der Waals surface area contributed by atoms with Crippen molar-refractivity contribution in [2.45, 2.75) is 19.9 Å². The number of carbonyl (C=O) groups excluding carboxylic acids is 2. The summed E-state index contributed by atoms with van der Waals surface area (Å²) in [5.41, 5.74) is 2.37. The van der Waals surface area contributed by atoms with E-state index in [1.807, 2.05) is 31.2 Å². The zero-order chi connectivity index (χ0) is 22.5. The molecule has 1 aliphatic rings. The van der Waals surface area contributed by atoms with Crippen LogP contribution in [0.4, 0.5) is 15.8 Å². The third kappa shape index (κ3) is 4.88. The lowest BCUT2D eigenvalue weighted by atomic mass is 10.1. The number of fused-ring (bicyclic) bond motifs is 1. The highest BCUT2D eigenvalue weighted by Crippen LogP contribution is 2.35. The maximum Gasteiger partial charge on any atom is 0.265 e.